The number of ether oxygens (including phenoxy) is 1. The Morgan fingerprint density at radius 1 is 1.42 bits per heavy atom. The molecule has 0 saturated carbocycles. The Kier molecular flexibility index (Phi) is 3.61. The molecule has 0 atom stereocenters. The predicted octanol–water partition coefficient (Wildman–Crippen LogP) is 2.08. The van der Waals surface area contributed by atoms with Gasteiger partial charge in [-0.3, -0.25) is 0 Å². The molecular formula is C13H11FN2O3. The average molecular weight is 262 g/mol. The first-order chi connectivity index (χ1) is 9.08. The second-order valence-electron chi connectivity index (χ2n) is 3.81. The first-order valence-electron chi connectivity index (χ1n) is 5.43. The molecule has 0 spiro atoms. The minimum atomic E-state index is -1.21. The highest BCUT2D eigenvalue weighted by Crippen LogP contribution is 2.19. The van der Waals surface area contributed by atoms with E-state index >= 15 is 0 Å². The van der Waals surface area contributed by atoms with Crippen LogP contribution in [0.25, 0.3) is 0 Å². The summed E-state index contributed by atoms with van der Waals surface area (Å²) in [6.45, 7) is -0.107. The maximum Gasteiger partial charge on any atom is 0.341 e. The van der Waals surface area contributed by atoms with Gasteiger partial charge in [-0.15, -0.1) is 0 Å². The van der Waals surface area contributed by atoms with Crippen LogP contribution < -0.4 is 10.5 Å². The molecule has 0 unspecified atom stereocenters. The van der Waals surface area contributed by atoms with Gasteiger partial charge in [-0.2, -0.15) is 0 Å². The van der Waals surface area contributed by atoms with Crippen LogP contribution in [0.3, 0.4) is 0 Å². The van der Waals surface area contributed by atoms with E-state index in [1.54, 1.807) is 18.2 Å². The summed E-state index contributed by atoms with van der Waals surface area (Å²) < 4.78 is 18.6. The number of carboxylic acids is 1. The molecule has 0 aliphatic heterocycles. The van der Waals surface area contributed by atoms with E-state index in [9.17, 15) is 9.18 Å². The van der Waals surface area contributed by atoms with E-state index in [-0.39, 0.29) is 23.7 Å². The monoisotopic (exact) mass is 262 g/mol. The number of hydrogen-bond donors (Lipinski definition) is 2. The number of hydrogen-bond acceptors (Lipinski definition) is 4. The van der Waals surface area contributed by atoms with E-state index in [2.05, 4.69) is 4.98 Å². The highest BCUT2D eigenvalue weighted by atomic mass is 19.1. The maximum absolute atomic E-state index is 13.4. The SMILES string of the molecule is Nc1cnc(OCc2ccccc2F)c(C(=O)O)c1. The molecule has 3 N–H and O–H groups in total. The highest BCUT2D eigenvalue weighted by Gasteiger charge is 2.14. The number of pyridine rings is 1. The lowest BCUT2D eigenvalue weighted by atomic mass is 10.2. The van der Waals surface area contributed by atoms with Gasteiger partial charge in [-0.25, -0.2) is 14.2 Å². The number of carbonyl (C=O) groups is 1. The number of carboxylic acid groups (broad SMARTS) is 1. The summed E-state index contributed by atoms with van der Waals surface area (Å²) in [5.74, 6) is -1.72. The Balaban J connectivity index is 2.20. The number of halogens is 1. The Hall–Kier alpha value is -2.63. The Morgan fingerprint density at radius 3 is 2.84 bits per heavy atom. The smallest absolute Gasteiger partial charge is 0.341 e. The van der Waals surface area contributed by atoms with Gasteiger partial charge in [0.2, 0.25) is 5.88 Å². The normalized spacial score (nSPS) is 10.2. The van der Waals surface area contributed by atoms with Crippen LogP contribution in [0.15, 0.2) is 36.5 Å². The fraction of sp³-hybridized carbons (Fsp3) is 0.0769. The van der Waals surface area contributed by atoms with Crippen molar-refractivity contribution >= 4 is 11.7 Å². The first kappa shape index (κ1) is 12.8. The number of benzene rings is 1. The van der Waals surface area contributed by atoms with Gasteiger partial charge < -0.3 is 15.6 Å². The third kappa shape index (κ3) is 2.98. The van der Waals surface area contributed by atoms with Gasteiger partial charge in [0.1, 0.15) is 18.0 Å². The molecular weight excluding hydrogens is 251 g/mol. The minimum Gasteiger partial charge on any atom is -0.477 e. The zero-order valence-electron chi connectivity index (χ0n) is 9.84. The second-order valence-corrected chi connectivity index (χ2v) is 3.81. The van der Waals surface area contributed by atoms with Gasteiger partial charge in [0.25, 0.3) is 0 Å². The van der Waals surface area contributed by atoms with Crippen molar-refractivity contribution in [2.45, 2.75) is 6.61 Å². The van der Waals surface area contributed by atoms with Crippen molar-refractivity contribution in [2.75, 3.05) is 5.73 Å². The average Bonchev–Trinajstić information content (AvgIpc) is 2.38. The topological polar surface area (TPSA) is 85.4 Å². The second kappa shape index (κ2) is 5.34. The molecule has 1 heterocycles. The van der Waals surface area contributed by atoms with Gasteiger partial charge in [-0.1, -0.05) is 18.2 Å². The number of nitrogen functional groups attached to an aromatic ring is 1. The summed E-state index contributed by atoms with van der Waals surface area (Å²) in [5.41, 5.74) is 5.83. The summed E-state index contributed by atoms with van der Waals surface area (Å²) in [5, 5.41) is 8.99. The van der Waals surface area contributed by atoms with Crippen LogP contribution in [0.2, 0.25) is 0 Å². The third-order valence-electron chi connectivity index (χ3n) is 2.42. The van der Waals surface area contributed by atoms with Crippen LogP contribution in [0.1, 0.15) is 15.9 Å². The van der Waals surface area contributed by atoms with Gasteiger partial charge in [-0.05, 0) is 12.1 Å². The highest BCUT2D eigenvalue weighted by molar-refractivity contribution is 5.91. The number of anilines is 1. The minimum absolute atomic E-state index is 0.0926. The largest absolute Gasteiger partial charge is 0.477 e. The zero-order chi connectivity index (χ0) is 13.8. The molecule has 2 aromatic rings. The predicted molar refractivity (Wildman–Crippen MR) is 66.3 cm³/mol. The molecule has 0 bridgehead atoms. The summed E-state index contributed by atoms with van der Waals surface area (Å²) in [6.07, 6.45) is 1.28. The van der Waals surface area contributed by atoms with E-state index in [1.165, 1.54) is 18.3 Å². The molecule has 0 aliphatic rings. The summed E-state index contributed by atoms with van der Waals surface area (Å²) in [4.78, 5) is 14.8. The molecule has 1 aromatic heterocycles. The van der Waals surface area contributed by atoms with Gasteiger partial charge in [0.05, 0.1) is 11.9 Å². The fourth-order valence-electron chi connectivity index (χ4n) is 1.50. The number of aromatic carboxylic acids is 1. The Morgan fingerprint density at radius 2 is 2.16 bits per heavy atom. The molecule has 0 amide bonds. The van der Waals surface area contributed by atoms with Crippen molar-refractivity contribution in [3.63, 3.8) is 0 Å². The molecule has 0 radical (unpaired) electrons. The van der Waals surface area contributed by atoms with E-state index < -0.39 is 11.8 Å². The van der Waals surface area contributed by atoms with E-state index in [0.717, 1.165) is 0 Å². The maximum atomic E-state index is 13.4. The van der Waals surface area contributed by atoms with Crippen LogP contribution in [0.4, 0.5) is 10.1 Å². The van der Waals surface area contributed by atoms with Crippen LogP contribution in [-0.2, 0) is 6.61 Å². The lowest BCUT2D eigenvalue weighted by Gasteiger charge is -2.09. The first-order valence-corrected chi connectivity index (χ1v) is 5.43. The number of rotatable bonds is 4. The van der Waals surface area contributed by atoms with Crippen LogP contribution in [-0.4, -0.2) is 16.1 Å². The van der Waals surface area contributed by atoms with Crippen molar-refractivity contribution < 1.29 is 19.0 Å². The lowest BCUT2D eigenvalue weighted by Crippen LogP contribution is -2.07. The third-order valence-corrected chi connectivity index (χ3v) is 2.42. The Bertz CT molecular complexity index is 617. The molecule has 0 fully saturated rings. The van der Waals surface area contributed by atoms with Crippen LogP contribution in [0.5, 0.6) is 5.88 Å². The van der Waals surface area contributed by atoms with Crippen molar-refractivity contribution in [3.05, 3.63) is 53.5 Å². The standard InChI is InChI=1S/C13H11FN2O3/c14-11-4-2-1-3-8(11)7-19-12-10(13(17)18)5-9(15)6-16-12/h1-6H,7,15H2,(H,17,18). The fourth-order valence-corrected chi connectivity index (χ4v) is 1.50. The number of aromatic nitrogens is 1. The van der Waals surface area contributed by atoms with E-state index in [1.807, 2.05) is 0 Å². The molecule has 0 aliphatic carbocycles. The van der Waals surface area contributed by atoms with Crippen molar-refractivity contribution in [3.8, 4) is 5.88 Å². The van der Waals surface area contributed by atoms with E-state index in [0.29, 0.717) is 5.56 Å². The van der Waals surface area contributed by atoms with Crippen molar-refractivity contribution in [2.24, 2.45) is 0 Å². The number of nitrogens with two attached hydrogens (primary N) is 1. The number of nitrogens with zero attached hydrogens (tertiary/aromatic N) is 1. The van der Waals surface area contributed by atoms with Crippen LogP contribution in [0, 0.1) is 5.82 Å². The quantitative estimate of drug-likeness (QED) is 0.881. The zero-order valence-corrected chi connectivity index (χ0v) is 9.84. The lowest BCUT2D eigenvalue weighted by molar-refractivity contribution is 0.0690. The van der Waals surface area contributed by atoms with Crippen LogP contribution >= 0.6 is 0 Å². The van der Waals surface area contributed by atoms with Crippen molar-refractivity contribution in [1.29, 1.82) is 0 Å². The molecule has 5 nitrogen and oxygen atoms in total. The van der Waals surface area contributed by atoms with E-state index in [4.69, 9.17) is 15.6 Å². The molecule has 1 aromatic carbocycles. The summed E-state index contributed by atoms with van der Waals surface area (Å²) in [7, 11) is 0. The molecule has 2 rings (SSSR count). The molecule has 19 heavy (non-hydrogen) atoms. The molecule has 0 saturated heterocycles. The summed E-state index contributed by atoms with van der Waals surface area (Å²) in [6, 6.07) is 7.31. The summed E-state index contributed by atoms with van der Waals surface area (Å²) >= 11 is 0. The molecule has 98 valence electrons. The van der Waals surface area contributed by atoms with Gasteiger partial charge in [0, 0.05) is 5.56 Å². The Labute approximate surface area is 108 Å². The molecule has 6 heteroatoms. The van der Waals surface area contributed by atoms with Gasteiger partial charge >= 0.3 is 5.97 Å². The van der Waals surface area contributed by atoms with Crippen molar-refractivity contribution in [1.82, 2.24) is 4.98 Å². The van der Waals surface area contributed by atoms with Gasteiger partial charge in [0.15, 0.2) is 0 Å².